The minimum atomic E-state index is -0.675. The third-order valence-corrected chi connectivity index (χ3v) is 8.77. The number of imidazole rings is 1. The van der Waals surface area contributed by atoms with E-state index in [1.165, 1.54) is 4.57 Å². The third kappa shape index (κ3) is 7.59. The van der Waals surface area contributed by atoms with Crippen molar-refractivity contribution in [3.63, 3.8) is 0 Å². The maximum Gasteiger partial charge on any atom is 0.407 e. The molecule has 236 valence electrons. The average molecular weight is 599 g/mol. The number of alkyl carbamates (subject to hydrolysis) is 1. The fourth-order valence-electron chi connectivity index (χ4n) is 6.51. The van der Waals surface area contributed by atoms with Crippen molar-refractivity contribution in [2.75, 3.05) is 50.8 Å². The number of carbonyl (C=O) groups is 3. The van der Waals surface area contributed by atoms with E-state index in [4.69, 9.17) is 9.47 Å². The molecule has 3 fully saturated rings. The maximum atomic E-state index is 13.1. The first-order chi connectivity index (χ1) is 20.5. The number of nitrogens with one attached hydrogen (secondary N) is 2. The Kier molecular flexibility index (Phi) is 9.45. The van der Waals surface area contributed by atoms with Gasteiger partial charge in [0.1, 0.15) is 11.6 Å². The van der Waals surface area contributed by atoms with Crippen molar-refractivity contribution < 1.29 is 23.9 Å². The van der Waals surface area contributed by atoms with Gasteiger partial charge in [0, 0.05) is 58.4 Å². The van der Waals surface area contributed by atoms with Gasteiger partial charge in [0.25, 0.3) is 0 Å². The second kappa shape index (κ2) is 13.1. The zero-order chi connectivity index (χ0) is 30.7. The van der Waals surface area contributed by atoms with Crippen LogP contribution >= 0.6 is 0 Å². The molecule has 1 unspecified atom stereocenters. The summed E-state index contributed by atoms with van der Waals surface area (Å²) in [6, 6.07) is 5.32. The van der Waals surface area contributed by atoms with Gasteiger partial charge < -0.3 is 19.7 Å². The topological polar surface area (TPSA) is 127 Å². The van der Waals surface area contributed by atoms with Crippen molar-refractivity contribution in [1.29, 1.82) is 0 Å². The van der Waals surface area contributed by atoms with Gasteiger partial charge in [0.05, 0.1) is 23.7 Å². The summed E-state index contributed by atoms with van der Waals surface area (Å²) in [5.74, 6) is -0.0388. The van der Waals surface area contributed by atoms with E-state index in [0.29, 0.717) is 31.0 Å². The second-order valence-electron chi connectivity index (χ2n) is 13.1. The molecule has 1 aromatic heterocycles. The van der Waals surface area contributed by atoms with Crippen LogP contribution in [-0.2, 0) is 26.1 Å². The van der Waals surface area contributed by atoms with Crippen LogP contribution in [0, 0.1) is 5.92 Å². The van der Waals surface area contributed by atoms with E-state index in [0.717, 1.165) is 69.6 Å². The number of rotatable bonds is 8. The number of anilines is 1. The van der Waals surface area contributed by atoms with Crippen LogP contribution in [0.2, 0.25) is 0 Å². The van der Waals surface area contributed by atoms with Gasteiger partial charge in [-0.1, -0.05) is 0 Å². The van der Waals surface area contributed by atoms with Crippen molar-refractivity contribution in [1.82, 2.24) is 24.7 Å². The van der Waals surface area contributed by atoms with Gasteiger partial charge in [-0.3, -0.25) is 28.9 Å². The summed E-state index contributed by atoms with van der Waals surface area (Å²) < 4.78 is 14.4. The molecule has 0 spiro atoms. The number of fused-ring (bicyclic) bond motifs is 1. The molecule has 3 heterocycles. The van der Waals surface area contributed by atoms with Gasteiger partial charge in [-0.25, -0.2) is 9.59 Å². The summed E-state index contributed by atoms with van der Waals surface area (Å²) in [7, 11) is 1.73. The molecular formula is C31H46N6O6. The summed E-state index contributed by atoms with van der Waals surface area (Å²) in [4.78, 5) is 53.9. The van der Waals surface area contributed by atoms with Gasteiger partial charge in [-0.15, -0.1) is 0 Å². The molecule has 2 aromatic rings. The van der Waals surface area contributed by atoms with Gasteiger partial charge in [0.15, 0.2) is 0 Å². The lowest BCUT2D eigenvalue weighted by atomic mass is 9.87. The quantitative estimate of drug-likeness (QED) is 0.351. The molecule has 3 aliphatic rings. The fraction of sp³-hybridized carbons (Fsp3) is 0.677. The lowest BCUT2D eigenvalue weighted by Crippen LogP contribution is -2.48. The van der Waals surface area contributed by atoms with Gasteiger partial charge in [-0.2, -0.15) is 0 Å². The minimum Gasteiger partial charge on any atom is -0.444 e. The molecular weight excluding hydrogens is 552 g/mol. The van der Waals surface area contributed by atoms with Crippen LogP contribution in [-0.4, -0.2) is 89.5 Å². The van der Waals surface area contributed by atoms with Crippen molar-refractivity contribution in [2.45, 2.75) is 77.0 Å². The van der Waals surface area contributed by atoms with E-state index in [-0.39, 0.29) is 24.1 Å². The summed E-state index contributed by atoms with van der Waals surface area (Å²) in [5.41, 5.74) is 1.82. The molecule has 43 heavy (non-hydrogen) atoms. The first-order valence-electron chi connectivity index (χ1n) is 15.6. The Morgan fingerprint density at radius 2 is 1.72 bits per heavy atom. The van der Waals surface area contributed by atoms with E-state index < -0.39 is 23.6 Å². The summed E-state index contributed by atoms with van der Waals surface area (Å²) in [5, 5.41) is 5.11. The highest BCUT2D eigenvalue weighted by molar-refractivity contribution is 6.00. The van der Waals surface area contributed by atoms with Crippen LogP contribution in [0.3, 0.4) is 0 Å². The van der Waals surface area contributed by atoms with Crippen molar-refractivity contribution >= 4 is 34.6 Å². The number of amides is 3. The van der Waals surface area contributed by atoms with E-state index >= 15 is 0 Å². The Bertz CT molecular complexity index is 1380. The van der Waals surface area contributed by atoms with E-state index in [9.17, 15) is 19.2 Å². The van der Waals surface area contributed by atoms with Crippen LogP contribution in [0.5, 0.6) is 0 Å². The van der Waals surface area contributed by atoms with Crippen LogP contribution in [0.15, 0.2) is 23.0 Å². The molecule has 0 radical (unpaired) electrons. The number of imide groups is 1. The monoisotopic (exact) mass is 598 g/mol. The van der Waals surface area contributed by atoms with E-state index in [1.807, 2.05) is 39.0 Å². The molecule has 1 aromatic carbocycles. The summed E-state index contributed by atoms with van der Waals surface area (Å²) >= 11 is 0. The highest BCUT2D eigenvalue weighted by Gasteiger charge is 2.32. The highest BCUT2D eigenvalue weighted by atomic mass is 16.6. The molecule has 1 saturated carbocycles. The Balaban J connectivity index is 1.07. The number of hydrogen-bond donors (Lipinski definition) is 2. The molecule has 2 N–H and O–H groups in total. The number of benzene rings is 1. The normalized spacial score (nSPS) is 23.8. The fourth-order valence-corrected chi connectivity index (χ4v) is 6.51. The SMILES string of the molecule is Cn1c(=O)n(C2CCC(=O)NC2=O)c2ccc(N3CCN(CC4CCC(OCCNC(=O)OC(C)(C)C)CC4)CC3)cc21. The van der Waals surface area contributed by atoms with Crippen molar-refractivity contribution in [3.05, 3.63) is 28.7 Å². The van der Waals surface area contributed by atoms with Crippen LogP contribution < -0.4 is 21.2 Å². The van der Waals surface area contributed by atoms with Gasteiger partial charge >= 0.3 is 11.8 Å². The largest absolute Gasteiger partial charge is 0.444 e. The standard InChI is InChI=1S/C31H46N6O6/c1-31(2,3)43-29(40)32-13-18-42-23-8-5-21(6-9-23)20-35-14-16-36(17-15-35)22-7-10-24-26(19-22)34(4)30(41)37(24)25-11-12-27(38)33-28(25)39/h7,10,19,21,23,25H,5-6,8-9,11-18,20H2,1-4H3,(H,32,40)(H,33,38,39). The minimum absolute atomic E-state index is 0.228. The Morgan fingerprint density at radius 1 is 1.00 bits per heavy atom. The zero-order valence-electron chi connectivity index (χ0n) is 25.9. The van der Waals surface area contributed by atoms with E-state index in [1.54, 1.807) is 11.6 Å². The third-order valence-electron chi connectivity index (χ3n) is 8.77. The molecule has 2 saturated heterocycles. The molecule has 5 rings (SSSR count). The van der Waals surface area contributed by atoms with Crippen molar-refractivity contribution in [3.8, 4) is 0 Å². The number of aromatic nitrogens is 2. The lowest BCUT2D eigenvalue weighted by Gasteiger charge is -2.39. The molecule has 1 aliphatic carbocycles. The number of aryl methyl sites for hydroxylation is 1. The number of piperazine rings is 1. The molecule has 0 bridgehead atoms. The first-order valence-corrected chi connectivity index (χ1v) is 15.6. The van der Waals surface area contributed by atoms with Crippen LogP contribution in [0.4, 0.5) is 10.5 Å². The number of ether oxygens (including phenoxy) is 2. The molecule has 2 aliphatic heterocycles. The van der Waals surface area contributed by atoms with Crippen molar-refractivity contribution in [2.24, 2.45) is 13.0 Å². The Labute approximate surface area is 252 Å². The number of nitrogens with zero attached hydrogens (tertiary/aromatic N) is 4. The number of piperidine rings is 1. The zero-order valence-corrected chi connectivity index (χ0v) is 25.9. The second-order valence-corrected chi connectivity index (χ2v) is 13.1. The smallest absolute Gasteiger partial charge is 0.407 e. The Morgan fingerprint density at radius 3 is 2.40 bits per heavy atom. The molecule has 12 nitrogen and oxygen atoms in total. The summed E-state index contributed by atoms with van der Waals surface area (Å²) in [6.45, 7) is 11.4. The average Bonchev–Trinajstić information content (AvgIpc) is 3.20. The number of hydrogen-bond acceptors (Lipinski definition) is 8. The predicted molar refractivity (Wildman–Crippen MR) is 163 cm³/mol. The van der Waals surface area contributed by atoms with Gasteiger partial charge in [0.2, 0.25) is 11.8 Å². The molecule has 3 amide bonds. The highest BCUT2D eigenvalue weighted by Crippen LogP contribution is 2.29. The van der Waals surface area contributed by atoms with Crippen LogP contribution in [0.1, 0.15) is 65.3 Å². The Hall–Kier alpha value is -3.38. The number of carbonyl (C=O) groups excluding carboxylic acids is 3. The van der Waals surface area contributed by atoms with Crippen LogP contribution in [0.25, 0.3) is 11.0 Å². The molecule has 12 heteroatoms. The first kappa shape index (κ1) is 31.1. The predicted octanol–water partition coefficient (Wildman–Crippen LogP) is 2.54. The summed E-state index contributed by atoms with van der Waals surface area (Å²) in [6.07, 6.45) is 4.81. The molecule has 1 atom stereocenters. The maximum absolute atomic E-state index is 13.1. The van der Waals surface area contributed by atoms with Gasteiger partial charge in [-0.05, 0) is 77.0 Å². The lowest BCUT2D eigenvalue weighted by molar-refractivity contribution is -0.135. The van der Waals surface area contributed by atoms with E-state index in [2.05, 4.69) is 20.4 Å².